The van der Waals surface area contributed by atoms with Gasteiger partial charge < -0.3 is 10.2 Å². The van der Waals surface area contributed by atoms with Crippen molar-refractivity contribution >= 4 is 5.91 Å². The van der Waals surface area contributed by atoms with Crippen LogP contribution >= 0.6 is 0 Å². The number of amides is 1. The van der Waals surface area contributed by atoms with E-state index >= 15 is 0 Å². The van der Waals surface area contributed by atoms with Gasteiger partial charge in [-0.25, -0.2) is 0 Å². The van der Waals surface area contributed by atoms with Crippen LogP contribution in [0.15, 0.2) is 0 Å². The Balaban J connectivity index is 2.18. The smallest absolute Gasteiger partial charge is 0.238 e. The van der Waals surface area contributed by atoms with Crippen LogP contribution in [0.25, 0.3) is 0 Å². The molecular formula is C11H21N3O. The van der Waals surface area contributed by atoms with Crippen LogP contribution in [-0.4, -0.2) is 61.0 Å². The predicted molar refractivity (Wildman–Crippen MR) is 59.6 cm³/mol. The lowest BCUT2D eigenvalue weighted by molar-refractivity contribution is -0.128. The Morgan fingerprint density at radius 2 is 2.07 bits per heavy atom. The average Bonchev–Trinajstić information content (AvgIpc) is 2.32. The van der Waals surface area contributed by atoms with E-state index in [4.69, 9.17) is 0 Å². The molecule has 4 heteroatoms. The van der Waals surface area contributed by atoms with Gasteiger partial charge in [0.15, 0.2) is 0 Å². The van der Waals surface area contributed by atoms with Gasteiger partial charge in [-0.1, -0.05) is 6.92 Å². The lowest BCUT2D eigenvalue weighted by Gasteiger charge is -2.41. The number of rotatable bonds is 0. The topological polar surface area (TPSA) is 35.6 Å². The number of piperazine rings is 1. The largest absolute Gasteiger partial charge is 0.354 e. The lowest BCUT2D eigenvalue weighted by atomic mass is 10.0. The third kappa shape index (κ3) is 2.01. The van der Waals surface area contributed by atoms with Gasteiger partial charge in [0, 0.05) is 32.2 Å². The number of fused-ring (bicyclic) bond motifs is 1. The highest BCUT2D eigenvalue weighted by Crippen LogP contribution is 2.20. The Labute approximate surface area is 91.6 Å². The maximum Gasteiger partial charge on any atom is 0.238 e. The van der Waals surface area contributed by atoms with Crippen LogP contribution in [-0.2, 0) is 4.79 Å². The van der Waals surface area contributed by atoms with E-state index in [1.807, 2.05) is 0 Å². The molecule has 0 aromatic rings. The van der Waals surface area contributed by atoms with E-state index in [2.05, 4.69) is 36.0 Å². The first-order valence-corrected chi connectivity index (χ1v) is 5.81. The molecule has 2 saturated heterocycles. The van der Waals surface area contributed by atoms with E-state index in [9.17, 15) is 4.79 Å². The summed E-state index contributed by atoms with van der Waals surface area (Å²) in [5.41, 5.74) is 0. The Hall–Kier alpha value is -0.610. The highest BCUT2D eigenvalue weighted by molar-refractivity contribution is 5.82. The van der Waals surface area contributed by atoms with Gasteiger partial charge in [0.2, 0.25) is 5.91 Å². The Kier molecular flexibility index (Phi) is 2.98. The van der Waals surface area contributed by atoms with Crippen molar-refractivity contribution in [3.05, 3.63) is 0 Å². The monoisotopic (exact) mass is 211 g/mol. The minimum absolute atomic E-state index is 0.0590. The average molecular weight is 211 g/mol. The molecule has 1 amide bonds. The molecule has 15 heavy (non-hydrogen) atoms. The van der Waals surface area contributed by atoms with E-state index in [1.165, 1.54) is 0 Å². The number of likely N-dealkylation sites (N-methyl/N-ethyl adjacent to an activating group) is 1. The first-order valence-electron chi connectivity index (χ1n) is 5.81. The van der Waals surface area contributed by atoms with Gasteiger partial charge in [-0.05, 0) is 19.9 Å². The fourth-order valence-corrected chi connectivity index (χ4v) is 2.53. The van der Waals surface area contributed by atoms with Crippen molar-refractivity contribution in [1.29, 1.82) is 0 Å². The van der Waals surface area contributed by atoms with Crippen LogP contribution < -0.4 is 5.32 Å². The van der Waals surface area contributed by atoms with Crippen molar-refractivity contribution in [2.45, 2.75) is 25.9 Å². The highest BCUT2D eigenvalue weighted by atomic mass is 16.2. The van der Waals surface area contributed by atoms with Gasteiger partial charge in [-0.15, -0.1) is 0 Å². The SMILES string of the molecule is C[C@@H]1CNC(=O)C2CN(C)CCN2[C@@H]1C. The highest BCUT2D eigenvalue weighted by Gasteiger charge is 2.37. The zero-order valence-electron chi connectivity index (χ0n) is 9.86. The van der Waals surface area contributed by atoms with Crippen LogP contribution in [0, 0.1) is 5.92 Å². The molecule has 2 aliphatic rings. The molecule has 2 heterocycles. The summed E-state index contributed by atoms with van der Waals surface area (Å²) in [6, 6.07) is 0.561. The molecule has 0 aliphatic carbocycles. The summed E-state index contributed by atoms with van der Waals surface area (Å²) in [5, 5.41) is 3.04. The summed E-state index contributed by atoms with van der Waals surface area (Å²) in [7, 11) is 2.09. The molecule has 3 atom stereocenters. The summed E-state index contributed by atoms with van der Waals surface area (Å²) >= 11 is 0. The molecule has 0 aromatic heterocycles. The molecule has 0 aromatic carbocycles. The third-order valence-corrected chi connectivity index (χ3v) is 3.87. The Bertz CT molecular complexity index is 256. The minimum Gasteiger partial charge on any atom is -0.354 e. The van der Waals surface area contributed by atoms with Crippen LogP contribution in [0.5, 0.6) is 0 Å². The number of carbonyl (C=O) groups excluding carboxylic acids is 1. The van der Waals surface area contributed by atoms with E-state index in [0.29, 0.717) is 12.0 Å². The molecule has 1 unspecified atom stereocenters. The molecule has 0 radical (unpaired) electrons. The number of hydrogen-bond donors (Lipinski definition) is 1. The quantitative estimate of drug-likeness (QED) is 0.600. The first kappa shape index (κ1) is 10.9. The molecule has 1 N–H and O–H groups in total. The number of nitrogens with one attached hydrogen (secondary N) is 1. The van der Waals surface area contributed by atoms with Gasteiger partial charge in [0.05, 0.1) is 0 Å². The standard InChI is InChI=1S/C11H21N3O/c1-8-6-12-11(15)10-7-13(3)4-5-14(10)9(8)2/h8-10H,4-7H2,1-3H3,(H,12,15)/t8-,9-,10?/m1/s1. The molecule has 2 rings (SSSR count). The second-order valence-electron chi connectivity index (χ2n) is 4.98. The zero-order valence-corrected chi connectivity index (χ0v) is 9.86. The third-order valence-electron chi connectivity index (χ3n) is 3.87. The maximum atomic E-state index is 11.9. The second kappa shape index (κ2) is 4.10. The van der Waals surface area contributed by atoms with Crippen LogP contribution in [0.3, 0.4) is 0 Å². The molecule has 4 nitrogen and oxygen atoms in total. The summed E-state index contributed by atoms with van der Waals surface area (Å²) in [5.74, 6) is 0.750. The van der Waals surface area contributed by atoms with E-state index in [1.54, 1.807) is 0 Å². The Morgan fingerprint density at radius 1 is 1.33 bits per heavy atom. The van der Waals surface area contributed by atoms with Gasteiger partial charge in [0.25, 0.3) is 0 Å². The molecule has 2 aliphatic heterocycles. The number of carbonyl (C=O) groups is 1. The van der Waals surface area contributed by atoms with Gasteiger partial charge in [0.1, 0.15) is 6.04 Å². The molecule has 0 spiro atoms. The van der Waals surface area contributed by atoms with Crippen molar-refractivity contribution in [1.82, 2.24) is 15.1 Å². The lowest BCUT2D eigenvalue weighted by Crippen LogP contribution is -2.58. The fourth-order valence-electron chi connectivity index (χ4n) is 2.53. The van der Waals surface area contributed by atoms with Crippen molar-refractivity contribution in [3.8, 4) is 0 Å². The summed E-state index contributed by atoms with van der Waals surface area (Å²) < 4.78 is 0. The number of nitrogens with zero attached hydrogens (tertiary/aromatic N) is 2. The van der Waals surface area contributed by atoms with Crippen molar-refractivity contribution in [3.63, 3.8) is 0 Å². The van der Waals surface area contributed by atoms with E-state index in [-0.39, 0.29) is 11.9 Å². The van der Waals surface area contributed by atoms with Gasteiger partial charge in [-0.3, -0.25) is 9.69 Å². The van der Waals surface area contributed by atoms with Crippen molar-refractivity contribution in [2.24, 2.45) is 5.92 Å². The summed E-state index contributed by atoms with van der Waals surface area (Å²) in [4.78, 5) is 16.5. The molecule has 86 valence electrons. The summed E-state index contributed by atoms with van der Waals surface area (Å²) in [6.45, 7) is 8.22. The van der Waals surface area contributed by atoms with Crippen molar-refractivity contribution < 1.29 is 4.79 Å². The van der Waals surface area contributed by atoms with Gasteiger partial charge >= 0.3 is 0 Å². The zero-order chi connectivity index (χ0) is 11.0. The molecule has 2 fully saturated rings. The van der Waals surface area contributed by atoms with Crippen LogP contribution in [0.4, 0.5) is 0 Å². The minimum atomic E-state index is 0.0590. The van der Waals surface area contributed by atoms with Crippen LogP contribution in [0.1, 0.15) is 13.8 Å². The normalized spacial score (nSPS) is 39.4. The van der Waals surface area contributed by atoms with Gasteiger partial charge in [-0.2, -0.15) is 0 Å². The summed E-state index contributed by atoms with van der Waals surface area (Å²) in [6.07, 6.45) is 0. The fraction of sp³-hybridized carbons (Fsp3) is 0.909. The molecule has 0 bridgehead atoms. The number of hydrogen-bond acceptors (Lipinski definition) is 3. The second-order valence-corrected chi connectivity index (χ2v) is 4.98. The molecular weight excluding hydrogens is 190 g/mol. The Morgan fingerprint density at radius 3 is 2.80 bits per heavy atom. The first-order chi connectivity index (χ1) is 7.09. The van der Waals surface area contributed by atoms with Crippen molar-refractivity contribution in [2.75, 3.05) is 33.2 Å². The molecule has 0 saturated carbocycles. The van der Waals surface area contributed by atoms with E-state index < -0.39 is 0 Å². The maximum absolute atomic E-state index is 11.9. The van der Waals surface area contributed by atoms with Crippen LogP contribution in [0.2, 0.25) is 0 Å². The predicted octanol–water partition coefficient (Wildman–Crippen LogP) is -0.243. The van der Waals surface area contributed by atoms with E-state index in [0.717, 1.165) is 26.2 Å².